The number of piperidine rings is 1. The minimum Gasteiger partial charge on any atom is -0.371 e. The average molecular weight is 325 g/mol. The molecule has 0 aromatic heterocycles. The third kappa shape index (κ3) is 4.30. The smallest absolute Gasteiger partial charge is 0.223 e. The Bertz CT molecular complexity index is 572. The first-order valence-corrected chi connectivity index (χ1v) is 9.00. The van der Waals surface area contributed by atoms with Gasteiger partial charge in [-0.3, -0.25) is 9.69 Å². The number of hydrogen-bond donors (Lipinski definition) is 1. The van der Waals surface area contributed by atoms with Crippen LogP contribution in [-0.4, -0.2) is 50.1 Å². The summed E-state index contributed by atoms with van der Waals surface area (Å²) in [5.74, 6) is 3.62. The van der Waals surface area contributed by atoms with Crippen molar-refractivity contribution >= 4 is 11.6 Å². The van der Waals surface area contributed by atoms with Gasteiger partial charge in [-0.05, 0) is 50.4 Å². The van der Waals surface area contributed by atoms with Gasteiger partial charge in [-0.1, -0.05) is 24.1 Å². The Morgan fingerprint density at radius 2 is 1.92 bits per heavy atom. The second-order valence-electron chi connectivity index (χ2n) is 6.94. The molecule has 1 N–H and O–H groups in total. The van der Waals surface area contributed by atoms with Crippen LogP contribution >= 0.6 is 0 Å². The van der Waals surface area contributed by atoms with E-state index in [2.05, 4.69) is 45.3 Å². The van der Waals surface area contributed by atoms with Gasteiger partial charge in [-0.2, -0.15) is 0 Å². The van der Waals surface area contributed by atoms with Crippen LogP contribution in [0.3, 0.4) is 0 Å². The van der Waals surface area contributed by atoms with Crippen molar-refractivity contribution in [1.29, 1.82) is 0 Å². The third-order valence-corrected chi connectivity index (χ3v) is 5.25. The van der Waals surface area contributed by atoms with Crippen LogP contribution in [0.1, 0.15) is 19.3 Å². The highest BCUT2D eigenvalue weighted by molar-refractivity contribution is 5.78. The van der Waals surface area contributed by atoms with Crippen LogP contribution in [0.4, 0.5) is 5.69 Å². The van der Waals surface area contributed by atoms with E-state index in [0.717, 1.165) is 52.0 Å². The summed E-state index contributed by atoms with van der Waals surface area (Å²) < 4.78 is 0. The Balaban J connectivity index is 1.39. The van der Waals surface area contributed by atoms with Crippen LogP contribution in [-0.2, 0) is 4.79 Å². The third-order valence-electron chi connectivity index (χ3n) is 5.25. The maximum atomic E-state index is 12.4. The van der Waals surface area contributed by atoms with Crippen LogP contribution in [0.15, 0.2) is 30.3 Å². The number of likely N-dealkylation sites (tertiary alicyclic amines) is 1. The highest BCUT2D eigenvalue weighted by Crippen LogP contribution is 2.23. The Morgan fingerprint density at radius 3 is 2.62 bits per heavy atom. The molecule has 1 atom stereocenters. The van der Waals surface area contributed by atoms with E-state index in [1.165, 1.54) is 5.69 Å². The Labute approximate surface area is 145 Å². The molecule has 2 heterocycles. The van der Waals surface area contributed by atoms with Crippen molar-refractivity contribution in [2.45, 2.75) is 19.3 Å². The van der Waals surface area contributed by atoms with Crippen LogP contribution in [0, 0.1) is 24.2 Å². The lowest BCUT2D eigenvalue weighted by Crippen LogP contribution is -2.42. The fraction of sp³-hybridized carbons (Fsp3) is 0.550. The largest absolute Gasteiger partial charge is 0.371 e. The number of carbonyl (C=O) groups is 1. The fourth-order valence-corrected chi connectivity index (χ4v) is 3.74. The van der Waals surface area contributed by atoms with E-state index in [1.54, 1.807) is 0 Å². The molecule has 1 amide bonds. The summed E-state index contributed by atoms with van der Waals surface area (Å²) in [5.41, 5.74) is 1.28. The Hall–Kier alpha value is -1.99. The van der Waals surface area contributed by atoms with Crippen LogP contribution in [0.5, 0.6) is 0 Å². The quantitative estimate of drug-likeness (QED) is 0.841. The standard InChI is InChI=1S/C20H27N3O/c1-2-11-22-12-9-18(10-13-22)20(24)21-15-17-8-14-23(16-17)19-6-4-3-5-7-19/h1,3-7,17-18H,8-16H2,(H,21,24)/t17-/m1/s1. The molecule has 24 heavy (non-hydrogen) atoms. The van der Waals surface area contributed by atoms with Crippen molar-refractivity contribution in [3.63, 3.8) is 0 Å². The summed E-state index contributed by atoms with van der Waals surface area (Å²) in [4.78, 5) is 17.0. The zero-order valence-corrected chi connectivity index (χ0v) is 14.3. The second-order valence-corrected chi connectivity index (χ2v) is 6.94. The van der Waals surface area contributed by atoms with Crippen molar-refractivity contribution in [2.24, 2.45) is 11.8 Å². The highest BCUT2D eigenvalue weighted by Gasteiger charge is 2.27. The van der Waals surface area contributed by atoms with Gasteiger partial charge in [0.25, 0.3) is 0 Å². The number of para-hydroxylation sites is 1. The molecule has 0 aliphatic carbocycles. The van der Waals surface area contributed by atoms with Gasteiger partial charge in [0.2, 0.25) is 5.91 Å². The summed E-state index contributed by atoms with van der Waals surface area (Å²) >= 11 is 0. The molecule has 2 aliphatic heterocycles. The van der Waals surface area contributed by atoms with Gasteiger partial charge in [0.15, 0.2) is 0 Å². The molecule has 0 bridgehead atoms. The maximum absolute atomic E-state index is 12.4. The predicted molar refractivity (Wildman–Crippen MR) is 97.8 cm³/mol. The number of benzene rings is 1. The zero-order valence-electron chi connectivity index (χ0n) is 14.3. The van der Waals surface area contributed by atoms with Crippen molar-refractivity contribution in [2.75, 3.05) is 44.2 Å². The van der Waals surface area contributed by atoms with E-state index in [4.69, 9.17) is 6.42 Å². The minimum atomic E-state index is 0.158. The van der Waals surface area contributed by atoms with Crippen LogP contribution in [0.25, 0.3) is 0 Å². The SMILES string of the molecule is C#CCN1CCC(C(=O)NC[C@H]2CCN(c3ccccc3)C2)CC1. The zero-order chi connectivity index (χ0) is 16.8. The molecule has 0 saturated carbocycles. The number of nitrogens with zero attached hydrogens (tertiary/aromatic N) is 2. The van der Waals surface area contributed by atoms with Crippen LogP contribution < -0.4 is 10.2 Å². The van der Waals surface area contributed by atoms with E-state index in [-0.39, 0.29) is 11.8 Å². The van der Waals surface area contributed by atoms with E-state index < -0.39 is 0 Å². The normalized spacial score (nSPS) is 22.3. The van der Waals surface area contributed by atoms with E-state index >= 15 is 0 Å². The van der Waals surface area contributed by atoms with E-state index in [9.17, 15) is 4.79 Å². The molecular formula is C20H27N3O. The van der Waals surface area contributed by atoms with Crippen LogP contribution in [0.2, 0.25) is 0 Å². The van der Waals surface area contributed by atoms with Gasteiger partial charge in [-0.15, -0.1) is 6.42 Å². The minimum absolute atomic E-state index is 0.158. The second kappa shape index (κ2) is 8.21. The molecule has 2 fully saturated rings. The van der Waals surface area contributed by atoms with Gasteiger partial charge in [0.05, 0.1) is 6.54 Å². The number of anilines is 1. The molecular weight excluding hydrogens is 298 g/mol. The molecule has 0 spiro atoms. The summed E-state index contributed by atoms with van der Waals surface area (Å²) in [6, 6.07) is 10.5. The number of rotatable bonds is 5. The highest BCUT2D eigenvalue weighted by atomic mass is 16.1. The monoisotopic (exact) mass is 325 g/mol. The number of amides is 1. The number of terminal acetylenes is 1. The molecule has 2 aliphatic rings. The number of hydrogen-bond acceptors (Lipinski definition) is 3. The molecule has 4 heteroatoms. The van der Waals surface area contributed by atoms with Gasteiger partial charge >= 0.3 is 0 Å². The molecule has 1 aromatic carbocycles. The van der Waals surface area contributed by atoms with Crippen molar-refractivity contribution < 1.29 is 4.79 Å². The topological polar surface area (TPSA) is 35.6 Å². The first-order valence-electron chi connectivity index (χ1n) is 9.00. The fourth-order valence-electron chi connectivity index (χ4n) is 3.74. The van der Waals surface area contributed by atoms with Crippen molar-refractivity contribution in [3.8, 4) is 12.3 Å². The van der Waals surface area contributed by atoms with E-state index in [1.807, 2.05) is 6.07 Å². The molecule has 2 saturated heterocycles. The lowest BCUT2D eigenvalue weighted by atomic mass is 9.95. The molecule has 0 radical (unpaired) electrons. The Morgan fingerprint density at radius 1 is 1.17 bits per heavy atom. The molecule has 3 rings (SSSR count). The lowest BCUT2D eigenvalue weighted by Gasteiger charge is -2.30. The average Bonchev–Trinajstić information content (AvgIpc) is 3.10. The van der Waals surface area contributed by atoms with E-state index in [0.29, 0.717) is 12.5 Å². The van der Waals surface area contributed by atoms with Crippen molar-refractivity contribution in [1.82, 2.24) is 10.2 Å². The maximum Gasteiger partial charge on any atom is 0.223 e. The predicted octanol–water partition coefficient (Wildman–Crippen LogP) is 1.97. The first kappa shape index (κ1) is 16.9. The number of nitrogens with one attached hydrogen (secondary N) is 1. The summed E-state index contributed by atoms with van der Waals surface area (Å²) in [7, 11) is 0. The van der Waals surface area contributed by atoms with Crippen molar-refractivity contribution in [3.05, 3.63) is 30.3 Å². The Kier molecular flexibility index (Phi) is 5.77. The molecule has 4 nitrogen and oxygen atoms in total. The first-order chi connectivity index (χ1) is 11.8. The lowest BCUT2D eigenvalue weighted by molar-refractivity contribution is -0.126. The molecule has 0 unspecified atom stereocenters. The number of carbonyl (C=O) groups excluding carboxylic acids is 1. The van der Waals surface area contributed by atoms with Gasteiger partial charge in [0, 0.05) is 31.2 Å². The van der Waals surface area contributed by atoms with Gasteiger partial charge in [0.1, 0.15) is 0 Å². The summed E-state index contributed by atoms with van der Waals surface area (Å²) in [5, 5.41) is 3.19. The molecule has 1 aromatic rings. The summed E-state index contributed by atoms with van der Waals surface area (Å²) in [6.45, 7) is 5.49. The van der Waals surface area contributed by atoms with Gasteiger partial charge < -0.3 is 10.2 Å². The summed E-state index contributed by atoms with van der Waals surface area (Å²) in [6.07, 6.45) is 8.35. The van der Waals surface area contributed by atoms with Gasteiger partial charge in [-0.25, -0.2) is 0 Å². The molecule has 128 valence electrons.